The third-order valence-electron chi connectivity index (χ3n) is 2.62. The molecule has 0 heterocycles. The van der Waals surface area contributed by atoms with E-state index in [-0.39, 0.29) is 12.0 Å². The molecule has 0 radical (unpaired) electrons. The Morgan fingerprint density at radius 2 is 2.12 bits per heavy atom. The summed E-state index contributed by atoms with van der Waals surface area (Å²) in [6.07, 6.45) is 0.708. The average Bonchev–Trinajstić information content (AvgIpc) is 2.29. The van der Waals surface area contributed by atoms with Crippen LogP contribution in [0.3, 0.4) is 0 Å². The van der Waals surface area contributed by atoms with E-state index in [0.29, 0.717) is 6.42 Å². The van der Waals surface area contributed by atoms with Crippen LogP contribution >= 0.6 is 0 Å². The number of anilines is 1. The summed E-state index contributed by atoms with van der Waals surface area (Å²) in [5.41, 5.74) is 3.30. The quantitative estimate of drug-likeness (QED) is 0.794. The maximum Gasteiger partial charge on any atom is 0.328 e. The van der Waals surface area contributed by atoms with Crippen LogP contribution in [0.4, 0.5) is 5.69 Å². The third kappa shape index (κ3) is 2.99. The van der Waals surface area contributed by atoms with E-state index < -0.39 is 0 Å². The van der Waals surface area contributed by atoms with Crippen molar-refractivity contribution in [2.45, 2.75) is 33.2 Å². The highest BCUT2D eigenvalue weighted by molar-refractivity contribution is 5.79. The Morgan fingerprint density at radius 3 is 2.69 bits per heavy atom. The van der Waals surface area contributed by atoms with Crippen molar-refractivity contribution in [1.29, 1.82) is 0 Å². The SMILES string of the molecule is CC[C@@H](Nc1cc(C)ccc1C)C(=O)OC. The zero-order valence-corrected chi connectivity index (χ0v) is 10.3. The summed E-state index contributed by atoms with van der Waals surface area (Å²) in [4.78, 5) is 11.5. The first-order chi connectivity index (χ1) is 7.58. The molecule has 0 spiro atoms. The number of hydrogen-bond donors (Lipinski definition) is 1. The summed E-state index contributed by atoms with van der Waals surface area (Å²) < 4.78 is 4.74. The number of rotatable bonds is 4. The average molecular weight is 221 g/mol. The normalized spacial score (nSPS) is 12.0. The molecule has 3 nitrogen and oxygen atoms in total. The summed E-state index contributed by atoms with van der Waals surface area (Å²) >= 11 is 0. The lowest BCUT2D eigenvalue weighted by Crippen LogP contribution is -2.30. The topological polar surface area (TPSA) is 38.3 Å². The number of methoxy groups -OCH3 is 1. The van der Waals surface area contributed by atoms with Gasteiger partial charge in [0.2, 0.25) is 0 Å². The molecule has 0 saturated carbocycles. The molecule has 16 heavy (non-hydrogen) atoms. The molecule has 0 fully saturated rings. The van der Waals surface area contributed by atoms with Gasteiger partial charge < -0.3 is 10.1 Å². The summed E-state index contributed by atoms with van der Waals surface area (Å²) in [5.74, 6) is -0.219. The molecule has 3 heteroatoms. The Balaban J connectivity index is 2.85. The minimum Gasteiger partial charge on any atom is -0.467 e. The van der Waals surface area contributed by atoms with Crippen LogP contribution in [0.1, 0.15) is 24.5 Å². The standard InChI is InChI=1S/C13H19NO2/c1-5-11(13(15)16-4)14-12-8-9(2)6-7-10(12)3/h6-8,11,14H,5H2,1-4H3/t11-/m1/s1. The number of carbonyl (C=O) groups excluding carboxylic acids is 1. The first kappa shape index (κ1) is 12.6. The summed E-state index contributed by atoms with van der Waals surface area (Å²) in [6, 6.07) is 5.87. The Bertz CT molecular complexity index is 374. The molecule has 1 rings (SSSR count). The van der Waals surface area contributed by atoms with Crippen LogP contribution in [-0.4, -0.2) is 19.1 Å². The van der Waals surface area contributed by atoms with Gasteiger partial charge >= 0.3 is 5.97 Å². The van der Waals surface area contributed by atoms with Crippen LogP contribution in [0.15, 0.2) is 18.2 Å². The van der Waals surface area contributed by atoms with Crippen molar-refractivity contribution in [2.24, 2.45) is 0 Å². The van der Waals surface area contributed by atoms with Crippen molar-refractivity contribution in [1.82, 2.24) is 0 Å². The van der Waals surface area contributed by atoms with E-state index in [9.17, 15) is 4.79 Å². The summed E-state index contributed by atoms with van der Waals surface area (Å²) in [6.45, 7) is 6.01. The van der Waals surface area contributed by atoms with Crippen LogP contribution in [0.5, 0.6) is 0 Å². The maximum atomic E-state index is 11.5. The molecular formula is C13H19NO2. The second kappa shape index (κ2) is 5.54. The van der Waals surface area contributed by atoms with E-state index in [4.69, 9.17) is 4.74 Å². The summed E-state index contributed by atoms with van der Waals surface area (Å²) in [5, 5.41) is 3.21. The van der Waals surface area contributed by atoms with Crippen molar-refractivity contribution in [3.8, 4) is 0 Å². The number of hydrogen-bond acceptors (Lipinski definition) is 3. The van der Waals surface area contributed by atoms with Crippen LogP contribution in [0.25, 0.3) is 0 Å². The molecule has 0 saturated heterocycles. The van der Waals surface area contributed by atoms with Crippen molar-refractivity contribution in [3.63, 3.8) is 0 Å². The van der Waals surface area contributed by atoms with Crippen molar-refractivity contribution < 1.29 is 9.53 Å². The smallest absolute Gasteiger partial charge is 0.328 e. The first-order valence-corrected chi connectivity index (χ1v) is 5.50. The Kier molecular flexibility index (Phi) is 4.35. The largest absolute Gasteiger partial charge is 0.467 e. The lowest BCUT2D eigenvalue weighted by atomic mass is 10.1. The highest BCUT2D eigenvalue weighted by Gasteiger charge is 2.16. The van der Waals surface area contributed by atoms with Gasteiger partial charge in [0.25, 0.3) is 0 Å². The molecule has 1 aromatic rings. The molecule has 1 aromatic carbocycles. The molecule has 0 unspecified atom stereocenters. The fraction of sp³-hybridized carbons (Fsp3) is 0.462. The minimum absolute atomic E-state index is 0.219. The van der Waals surface area contributed by atoms with Gasteiger partial charge in [-0.1, -0.05) is 19.1 Å². The second-order valence-corrected chi connectivity index (χ2v) is 3.95. The number of nitrogens with one attached hydrogen (secondary N) is 1. The van der Waals surface area contributed by atoms with E-state index in [1.54, 1.807) is 0 Å². The maximum absolute atomic E-state index is 11.5. The molecule has 0 aliphatic carbocycles. The molecule has 0 bridgehead atoms. The van der Waals surface area contributed by atoms with E-state index in [2.05, 4.69) is 11.4 Å². The molecule has 1 N–H and O–H groups in total. The van der Waals surface area contributed by atoms with Crippen LogP contribution in [0.2, 0.25) is 0 Å². The van der Waals surface area contributed by atoms with Crippen LogP contribution < -0.4 is 5.32 Å². The number of carbonyl (C=O) groups is 1. The second-order valence-electron chi connectivity index (χ2n) is 3.95. The van der Waals surface area contributed by atoms with Crippen molar-refractivity contribution >= 4 is 11.7 Å². The third-order valence-corrected chi connectivity index (χ3v) is 2.62. The zero-order valence-electron chi connectivity index (χ0n) is 10.3. The molecule has 0 aliphatic rings. The molecule has 0 aliphatic heterocycles. The highest BCUT2D eigenvalue weighted by Crippen LogP contribution is 2.18. The molecule has 0 aromatic heterocycles. The Labute approximate surface area is 96.8 Å². The van der Waals surface area contributed by atoms with Gasteiger partial charge in [-0.15, -0.1) is 0 Å². The van der Waals surface area contributed by atoms with Gasteiger partial charge in [0.05, 0.1) is 7.11 Å². The number of aryl methyl sites for hydroxylation is 2. The number of esters is 1. The van der Waals surface area contributed by atoms with Gasteiger partial charge in [0, 0.05) is 5.69 Å². The number of ether oxygens (including phenoxy) is 1. The highest BCUT2D eigenvalue weighted by atomic mass is 16.5. The van der Waals surface area contributed by atoms with Gasteiger partial charge in [-0.3, -0.25) is 0 Å². The van der Waals surface area contributed by atoms with E-state index in [0.717, 1.165) is 11.3 Å². The van der Waals surface area contributed by atoms with Crippen LogP contribution in [0, 0.1) is 13.8 Å². The van der Waals surface area contributed by atoms with Gasteiger partial charge in [0.15, 0.2) is 0 Å². The molecule has 88 valence electrons. The molecule has 1 atom stereocenters. The first-order valence-electron chi connectivity index (χ1n) is 5.50. The monoisotopic (exact) mass is 221 g/mol. The molecular weight excluding hydrogens is 202 g/mol. The Hall–Kier alpha value is -1.51. The van der Waals surface area contributed by atoms with E-state index in [1.807, 2.05) is 32.9 Å². The van der Waals surface area contributed by atoms with Gasteiger partial charge in [-0.2, -0.15) is 0 Å². The Morgan fingerprint density at radius 1 is 1.44 bits per heavy atom. The van der Waals surface area contributed by atoms with E-state index >= 15 is 0 Å². The number of benzene rings is 1. The van der Waals surface area contributed by atoms with Gasteiger partial charge in [0.1, 0.15) is 6.04 Å². The fourth-order valence-electron chi connectivity index (χ4n) is 1.55. The van der Waals surface area contributed by atoms with Crippen molar-refractivity contribution in [3.05, 3.63) is 29.3 Å². The minimum atomic E-state index is -0.273. The lowest BCUT2D eigenvalue weighted by Gasteiger charge is -2.17. The predicted molar refractivity (Wildman–Crippen MR) is 65.6 cm³/mol. The van der Waals surface area contributed by atoms with Crippen molar-refractivity contribution in [2.75, 3.05) is 12.4 Å². The predicted octanol–water partition coefficient (Wildman–Crippen LogP) is 2.67. The fourth-order valence-corrected chi connectivity index (χ4v) is 1.55. The molecule has 0 amide bonds. The van der Waals surface area contributed by atoms with Gasteiger partial charge in [-0.25, -0.2) is 4.79 Å². The zero-order chi connectivity index (χ0) is 12.1. The lowest BCUT2D eigenvalue weighted by molar-refractivity contribution is -0.141. The van der Waals surface area contributed by atoms with Crippen LogP contribution in [-0.2, 0) is 9.53 Å². The van der Waals surface area contributed by atoms with Gasteiger partial charge in [-0.05, 0) is 37.5 Å². The summed E-state index contributed by atoms with van der Waals surface area (Å²) in [7, 11) is 1.41. The van der Waals surface area contributed by atoms with E-state index in [1.165, 1.54) is 12.7 Å².